The molecule has 1 saturated heterocycles. The van der Waals surface area contributed by atoms with Crippen LogP contribution >= 0.6 is 0 Å². The Hall–Kier alpha value is -1.31. The topological polar surface area (TPSA) is 81.9 Å². The van der Waals surface area contributed by atoms with Crippen molar-refractivity contribution in [2.24, 2.45) is 0 Å². The smallest absolute Gasteiger partial charge is 0.217 e. The average molecular weight is 314 g/mol. The Kier molecular flexibility index (Phi) is 5.44. The van der Waals surface area contributed by atoms with Gasteiger partial charge in [-0.25, -0.2) is 12.7 Å². The van der Waals surface area contributed by atoms with Crippen LogP contribution in [-0.2, 0) is 14.8 Å². The number of benzene rings is 1. The van der Waals surface area contributed by atoms with E-state index in [1.165, 1.54) is 4.31 Å². The van der Waals surface area contributed by atoms with E-state index in [0.717, 1.165) is 19.4 Å². The summed E-state index contributed by atoms with van der Waals surface area (Å²) in [7, 11) is -1.77. The predicted octanol–water partition coefficient (Wildman–Crippen LogP) is 1.09. The molecule has 2 N–H and O–H groups in total. The molecule has 0 spiro atoms. The van der Waals surface area contributed by atoms with Crippen LogP contribution in [0.3, 0.4) is 0 Å². The Morgan fingerprint density at radius 3 is 2.86 bits per heavy atom. The third-order valence-electron chi connectivity index (χ3n) is 3.48. The number of ether oxygens (including phenoxy) is 2. The van der Waals surface area contributed by atoms with E-state index in [1.807, 2.05) is 0 Å². The number of nitrogen functional groups attached to an aromatic ring is 1. The Morgan fingerprint density at radius 1 is 1.43 bits per heavy atom. The van der Waals surface area contributed by atoms with Gasteiger partial charge in [-0.3, -0.25) is 0 Å². The first-order chi connectivity index (χ1) is 9.99. The van der Waals surface area contributed by atoms with E-state index in [4.69, 9.17) is 15.2 Å². The molecule has 1 aromatic rings. The number of hydrogen-bond donors (Lipinski definition) is 1. The number of sulfonamides is 1. The van der Waals surface area contributed by atoms with Gasteiger partial charge in [0.2, 0.25) is 10.0 Å². The zero-order valence-corrected chi connectivity index (χ0v) is 13.0. The Labute approximate surface area is 125 Å². The van der Waals surface area contributed by atoms with Crippen molar-refractivity contribution < 1.29 is 17.9 Å². The van der Waals surface area contributed by atoms with Crippen LogP contribution in [0.15, 0.2) is 24.3 Å². The fourth-order valence-corrected chi connectivity index (χ4v) is 3.21. The van der Waals surface area contributed by atoms with Crippen LogP contribution in [0.5, 0.6) is 5.75 Å². The molecule has 118 valence electrons. The monoisotopic (exact) mass is 314 g/mol. The molecule has 0 radical (unpaired) electrons. The van der Waals surface area contributed by atoms with Crippen LogP contribution in [0.2, 0.25) is 0 Å². The average Bonchev–Trinajstić information content (AvgIpc) is 2.93. The van der Waals surface area contributed by atoms with Crippen LogP contribution in [0, 0.1) is 0 Å². The summed E-state index contributed by atoms with van der Waals surface area (Å²) in [5.41, 5.74) is 6.24. The van der Waals surface area contributed by atoms with E-state index in [-0.39, 0.29) is 18.5 Å². The van der Waals surface area contributed by atoms with E-state index >= 15 is 0 Å². The van der Waals surface area contributed by atoms with Crippen LogP contribution in [-0.4, -0.2) is 51.4 Å². The molecule has 0 aliphatic carbocycles. The van der Waals surface area contributed by atoms with E-state index < -0.39 is 10.0 Å². The maximum absolute atomic E-state index is 12.2. The van der Waals surface area contributed by atoms with E-state index in [1.54, 1.807) is 31.3 Å². The molecule has 1 aliphatic heterocycles. The van der Waals surface area contributed by atoms with Gasteiger partial charge in [-0.05, 0) is 25.0 Å². The summed E-state index contributed by atoms with van der Waals surface area (Å²) in [5, 5.41) is 0. The molecule has 1 heterocycles. The third-order valence-corrected chi connectivity index (χ3v) is 5.26. The molecule has 1 aliphatic rings. The van der Waals surface area contributed by atoms with Gasteiger partial charge in [-0.1, -0.05) is 12.1 Å². The zero-order chi connectivity index (χ0) is 15.3. The number of nitrogens with two attached hydrogens (primary N) is 1. The highest BCUT2D eigenvalue weighted by molar-refractivity contribution is 7.89. The lowest BCUT2D eigenvalue weighted by molar-refractivity contribution is 0.0978. The van der Waals surface area contributed by atoms with Crippen molar-refractivity contribution >= 4 is 15.7 Å². The summed E-state index contributed by atoms with van der Waals surface area (Å²) < 4.78 is 36.5. The van der Waals surface area contributed by atoms with Crippen molar-refractivity contribution in [3.8, 4) is 5.75 Å². The molecule has 0 bridgehead atoms. The lowest BCUT2D eigenvalue weighted by Crippen LogP contribution is -2.36. The highest BCUT2D eigenvalue weighted by Crippen LogP contribution is 2.20. The fourth-order valence-electron chi connectivity index (χ4n) is 2.21. The molecule has 1 unspecified atom stereocenters. The molecule has 0 saturated carbocycles. The SMILES string of the molecule is CN(CC1CCCO1)S(=O)(=O)CCOc1ccccc1N. The lowest BCUT2D eigenvalue weighted by atomic mass is 10.2. The van der Waals surface area contributed by atoms with Crippen molar-refractivity contribution in [3.63, 3.8) is 0 Å². The van der Waals surface area contributed by atoms with Crippen LogP contribution in [0.25, 0.3) is 0 Å². The normalized spacial score (nSPS) is 19.0. The van der Waals surface area contributed by atoms with Crippen LogP contribution < -0.4 is 10.5 Å². The maximum Gasteiger partial charge on any atom is 0.217 e. The second kappa shape index (κ2) is 7.11. The van der Waals surface area contributed by atoms with Gasteiger partial charge in [0.25, 0.3) is 0 Å². The predicted molar refractivity (Wildman–Crippen MR) is 81.7 cm³/mol. The van der Waals surface area contributed by atoms with E-state index in [9.17, 15) is 8.42 Å². The van der Waals surface area contributed by atoms with Gasteiger partial charge >= 0.3 is 0 Å². The molecule has 0 amide bonds. The van der Waals surface area contributed by atoms with Gasteiger partial charge in [0.15, 0.2) is 0 Å². The minimum absolute atomic E-state index is 0.00969. The molecule has 2 rings (SSSR count). The molecular formula is C14H22N2O4S. The van der Waals surface area contributed by atoms with Crippen molar-refractivity contribution in [1.82, 2.24) is 4.31 Å². The molecule has 1 atom stereocenters. The summed E-state index contributed by atoms with van der Waals surface area (Å²) >= 11 is 0. The summed E-state index contributed by atoms with van der Waals surface area (Å²) in [4.78, 5) is 0. The first kappa shape index (κ1) is 16.1. The van der Waals surface area contributed by atoms with Crippen molar-refractivity contribution in [2.75, 3.05) is 38.3 Å². The van der Waals surface area contributed by atoms with Crippen LogP contribution in [0.4, 0.5) is 5.69 Å². The second-order valence-electron chi connectivity index (χ2n) is 5.12. The number of nitrogens with zero attached hydrogens (tertiary/aromatic N) is 1. The number of para-hydroxylation sites is 2. The van der Waals surface area contributed by atoms with Crippen molar-refractivity contribution in [2.45, 2.75) is 18.9 Å². The maximum atomic E-state index is 12.2. The molecule has 21 heavy (non-hydrogen) atoms. The second-order valence-corrected chi connectivity index (χ2v) is 7.31. The summed E-state index contributed by atoms with van der Waals surface area (Å²) in [5.74, 6) is 0.430. The molecule has 6 nitrogen and oxygen atoms in total. The van der Waals surface area contributed by atoms with Crippen LogP contribution in [0.1, 0.15) is 12.8 Å². The third kappa shape index (κ3) is 4.59. The molecule has 1 fully saturated rings. The van der Waals surface area contributed by atoms with Gasteiger partial charge in [0, 0.05) is 20.2 Å². The van der Waals surface area contributed by atoms with Gasteiger partial charge in [0.1, 0.15) is 12.4 Å². The standard InChI is InChI=1S/C14H22N2O4S/c1-16(11-12-5-4-8-19-12)21(17,18)10-9-20-14-7-3-2-6-13(14)15/h2-3,6-7,12H,4-5,8-11,15H2,1H3. The molecular weight excluding hydrogens is 292 g/mol. The quantitative estimate of drug-likeness (QED) is 0.762. The van der Waals surface area contributed by atoms with Crippen molar-refractivity contribution in [3.05, 3.63) is 24.3 Å². The largest absolute Gasteiger partial charge is 0.490 e. The minimum Gasteiger partial charge on any atom is -0.490 e. The number of hydrogen-bond acceptors (Lipinski definition) is 5. The summed E-state index contributed by atoms with van der Waals surface area (Å²) in [6, 6.07) is 7.03. The van der Waals surface area contributed by atoms with Gasteiger partial charge < -0.3 is 15.2 Å². The highest BCUT2D eigenvalue weighted by atomic mass is 32.2. The summed E-state index contributed by atoms with van der Waals surface area (Å²) in [6.45, 7) is 1.19. The molecule has 1 aromatic carbocycles. The zero-order valence-electron chi connectivity index (χ0n) is 12.2. The number of anilines is 1. The first-order valence-corrected chi connectivity index (χ1v) is 8.63. The molecule has 7 heteroatoms. The number of rotatable bonds is 7. The lowest BCUT2D eigenvalue weighted by Gasteiger charge is -2.20. The van der Waals surface area contributed by atoms with Gasteiger partial charge in [-0.15, -0.1) is 0 Å². The fraction of sp³-hybridized carbons (Fsp3) is 0.571. The van der Waals surface area contributed by atoms with Gasteiger partial charge in [-0.2, -0.15) is 0 Å². The van der Waals surface area contributed by atoms with E-state index in [2.05, 4.69) is 0 Å². The Bertz CT molecular complexity index is 556. The first-order valence-electron chi connectivity index (χ1n) is 7.02. The number of likely N-dealkylation sites (N-methyl/N-ethyl adjacent to an activating group) is 1. The minimum atomic E-state index is -3.34. The Balaban J connectivity index is 1.81. The van der Waals surface area contributed by atoms with Crippen molar-refractivity contribution in [1.29, 1.82) is 0 Å². The van der Waals surface area contributed by atoms with Gasteiger partial charge in [0.05, 0.1) is 17.5 Å². The Morgan fingerprint density at radius 2 is 2.19 bits per heavy atom. The van der Waals surface area contributed by atoms with E-state index in [0.29, 0.717) is 18.0 Å². The highest BCUT2D eigenvalue weighted by Gasteiger charge is 2.24. The molecule has 0 aromatic heterocycles. The summed E-state index contributed by atoms with van der Waals surface area (Å²) in [6.07, 6.45) is 1.92.